The molecule has 3 heterocycles. The zero-order chi connectivity index (χ0) is 9.05. The summed E-state index contributed by atoms with van der Waals surface area (Å²) in [4.78, 5) is 7.46. The maximum atomic E-state index is 11.4. The van der Waals surface area contributed by atoms with Gasteiger partial charge in [-0.2, -0.15) is 14.5 Å². The molecule has 0 saturated heterocycles. The predicted octanol–water partition coefficient (Wildman–Crippen LogP) is 0.241. The summed E-state index contributed by atoms with van der Waals surface area (Å²) in [6.45, 7) is -0.343. The number of fused-ring (bicyclic) bond motifs is 2. The molecule has 2 aliphatic heterocycles. The molecule has 3 bridgehead atoms. The fraction of sp³-hybridized carbons (Fsp3) is 0.200. The van der Waals surface area contributed by atoms with Gasteiger partial charge in [0.1, 0.15) is 5.69 Å². The molecule has 3 rings (SSSR count). The van der Waals surface area contributed by atoms with Crippen LogP contribution < -0.4 is 13.6 Å². The molecule has 0 spiro atoms. The number of hydrogen-bond donors (Lipinski definition) is 1. The molecule has 1 aromatic heterocycles. The Balaban J connectivity index is 2.32. The van der Waals surface area contributed by atoms with Gasteiger partial charge in [-0.05, 0) is 0 Å². The van der Waals surface area contributed by atoms with Gasteiger partial charge in [-0.25, -0.2) is 0 Å². The van der Waals surface area contributed by atoms with Crippen LogP contribution in [0.5, 0.6) is 17.6 Å². The van der Waals surface area contributed by atoms with Gasteiger partial charge < -0.3 is 18.7 Å². The van der Waals surface area contributed by atoms with Crippen LogP contribution in [0.3, 0.4) is 0 Å². The van der Waals surface area contributed by atoms with E-state index in [-0.39, 0.29) is 29.9 Å². The van der Waals surface area contributed by atoms with E-state index in [9.17, 15) is 4.57 Å². The fourth-order valence-corrected chi connectivity index (χ4v) is 2.26. The summed E-state index contributed by atoms with van der Waals surface area (Å²) < 4.78 is 25.7. The Morgan fingerprint density at radius 1 is 1.31 bits per heavy atom. The van der Waals surface area contributed by atoms with E-state index < -0.39 is 7.82 Å². The van der Waals surface area contributed by atoms with E-state index in [2.05, 4.69) is 9.97 Å². The standard InChI is InChI=1S/C5H3N2O5P/c8-1-2-3-4-7-5(6-2)12-13(9,10-3)11-4/h8H,1H2. The highest BCUT2D eigenvalue weighted by atomic mass is 31.2. The quantitative estimate of drug-likeness (QED) is 0.652. The lowest BCUT2D eigenvalue weighted by molar-refractivity contribution is 0.273. The second kappa shape index (κ2) is 1.94. The molecule has 1 unspecified atom stereocenters. The number of aliphatic hydroxyl groups is 1. The lowest BCUT2D eigenvalue weighted by Crippen LogP contribution is -2.05. The molecular weight excluding hydrogens is 199 g/mol. The summed E-state index contributed by atoms with van der Waals surface area (Å²) in [7, 11) is -3.55. The largest absolute Gasteiger partial charge is 0.651 e. The Hall–Kier alpha value is -1.33. The Labute approximate surface area is 71.9 Å². The van der Waals surface area contributed by atoms with E-state index in [0.29, 0.717) is 0 Å². The van der Waals surface area contributed by atoms with Crippen molar-refractivity contribution < 1.29 is 23.2 Å². The minimum absolute atomic E-state index is 0.0728. The first kappa shape index (κ1) is 7.11. The van der Waals surface area contributed by atoms with Crippen LogP contribution in [-0.2, 0) is 11.2 Å². The summed E-state index contributed by atoms with van der Waals surface area (Å²) in [6.07, 6.45) is 0. The monoisotopic (exact) mass is 202 g/mol. The van der Waals surface area contributed by atoms with Gasteiger partial charge in [0.15, 0.2) is 0 Å². The minimum atomic E-state index is -3.55. The lowest BCUT2D eigenvalue weighted by Gasteiger charge is -2.09. The molecule has 8 heteroatoms. The van der Waals surface area contributed by atoms with Gasteiger partial charge in [-0.15, -0.1) is 0 Å². The SMILES string of the molecule is O=P12Oc3nc(CO)c(c(n3)O1)O2. The van der Waals surface area contributed by atoms with E-state index in [1.807, 2.05) is 0 Å². The van der Waals surface area contributed by atoms with Crippen LogP contribution in [0.4, 0.5) is 0 Å². The number of nitrogens with zero attached hydrogens (tertiary/aromatic N) is 2. The Kier molecular flexibility index (Phi) is 1.06. The third kappa shape index (κ3) is 0.800. The van der Waals surface area contributed by atoms with Crippen molar-refractivity contribution in [2.75, 3.05) is 0 Å². The number of rotatable bonds is 1. The van der Waals surface area contributed by atoms with E-state index in [0.717, 1.165) is 0 Å². The Morgan fingerprint density at radius 2 is 2.15 bits per heavy atom. The highest BCUT2D eigenvalue weighted by Gasteiger charge is 2.49. The van der Waals surface area contributed by atoms with Crippen LogP contribution in [0, 0.1) is 0 Å². The molecule has 68 valence electrons. The molecule has 0 radical (unpaired) electrons. The molecule has 2 aliphatic rings. The zero-order valence-corrected chi connectivity index (χ0v) is 7.02. The molecule has 1 N–H and O–H groups in total. The summed E-state index contributed by atoms with van der Waals surface area (Å²) in [6, 6.07) is -0.0881. The summed E-state index contributed by atoms with van der Waals surface area (Å²) in [5, 5.41) is 8.86. The van der Waals surface area contributed by atoms with Crippen LogP contribution in [0.1, 0.15) is 5.69 Å². The van der Waals surface area contributed by atoms with Crippen LogP contribution in [0.15, 0.2) is 0 Å². The average molecular weight is 202 g/mol. The Bertz CT molecular complexity index is 441. The number of phosphoric acid groups is 1. The molecule has 0 amide bonds. The van der Waals surface area contributed by atoms with E-state index >= 15 is 0 Å². The van der Waals surface area contributed by atoms with Crippen LogP contribution in [0.2, 0.25) is 0 Å². The van der Waals surface area contributed by atoms with Crippen molar-refractivity contribution in [1.29, 1.82) is 0 Å². The van der Waals surface area contributed by atoms with Crippen LogP contribution in [0.25, 0.3) is 0 Å². The summed E-state index contributed by atoms with van der Waals surface area (Å²) in [5.74, 6) is 0.177. The number of phosphoric ester groups is 1. The molecule has 0 aliphatic carbocycles. The predicted molar refractivity (Wildman–Crippen MR) is 37.4 cm³/mol. The first-order valence-electron chi connectivity index (χ1n) is 3.41. The molecule has 13 heavy (non-hydrogen) atoms. The first-order chi connectivity index (χ1) is 6.20. The average Bonchev–Trinajstić information content (AvgIpc) is 2.24. The van der Waals surface area contributed by atoms with Crippen molar-refractivity contribution in [1.82, 2.24) is 9.97 Å². The van der Waals surface area contributed by atoms with Crippen molar-refractivity contribution >= 4 is 7.82 Å². The van der Waals surface area contributed by atoms with Crippen LogP contribution in [-0.4, -0.2) is 15.1 Å². The molecule has 1 aromatic rings. The smallest absolute Gasteiger partial charge is 0.390 e. The number of aliphatic hydroxyl groups excluding tert-OH is 1. The van der Waals surface area contributed by atoms with Crippen molar-refractivity contribution in [3.8, 4) is 17.6 Å². The minimum Gasteiger partial charge on any atom is -0.390 e. The van der Waals surface area contributed by atoms with E-state index in [1.54, 1.807) is 0 Å². The Morgan fingerprint density at radius 3 is 2.92 bits per heavy atom. The number of hydrogen-bond acceptors (Lipinski definition) is 7. The van der Waals surface area contributed by atoms with Gasteiger partial charge in [0.05, 0.1) is 6.61 Å². The van der Waals surface area contributed by atoms with Gasteiger partial charge in [0.2, 0.25) is 5.75 Å². The second-order valence-corrected chi connectivity index (χ2v) is 3.91. The first-order valence-corrected chi connectivity index (χ1v) is 4.87. The third-order valence-electron chi connectivity index (χ3n) is 1.63. The van der Waals surface area contributed by atoms with Crippen molar-refractivity contribution in [2.24, 2.45) is 0 Å². The van der Waals surface area contributed by atoms with E-state index in [4.69, 9.17) is 18.7 Å². The molecule has 7 nitrogen and oxygen atoms in total. The van der Waals surface area contributed by atoms with E-state index in [1.165, 1.54) is 0 Å². The number of aromatic nitrogens is 2. The third-order valence-corrected chi connectivity index (χ3v) is 2.82. The highest BCUT2D eigenvalue weighted by Crippen LogP contribution is 2.61. The topological polar surface area (TPSA) is 90.8 Å². The molecule has 0 fully saturated rings. The molecule has 0 saturated carbocycles. The maximum Gasteiger partial charge on any atom is 0.651 e. The van der Waals surface area contributed by atoms with Gasteiger partial charge in [-0.3, -0.25) is 0 Å². The molecule has 1 atom stereocenters. The van der Waals surface area contributed by atoms with Gasteiger partial charge in [0.25, 0.3) is 5.88 Å². The molecular formula is C5H3N2O5P. The maximum absolute atomic E-state index is 11.4. The fourth-order valence-electron chi connectivity index (χ4n) is 1.13. The van der Waals surface area contributed by atoms with Crippen LogP contribution >= 0.6 is 7.82 Å². The zero-order valence-electron chi connectivity index (χ0n) is 6.13. The molecule has 0 aromatic carbocycles. The van der Waals surface area contributed by atoms with Crippen molar-refractivity contribution in [3.63, 3.8) is 0 Å². The second-order valence-electron chi connectivity index (χ2n) is 2.47. The van der Waals surface area contributed by atoms with Gasteiger partial charge in [-0.1, -0.05) is 0 Å². The highest BCUT2D eigenvalue weighted by molar-refractivity contribution is 7.50. The summed E-state index contributed by atoms with van der Waals surface area (Å²) in [5.41, 5.74) is 0.218. The lowest BCUT2D eigenvalue weighted by atomic mass is 10.4. The van der Waals surface area contributed by atoms with Crippen molar-refractivity contribution in [3.05, 3.63) is 5.69 Å². The van der Waals surface area contributed by atoms with Gasteiger partial charge in [0, 0.05) is 0 Å². The van der Waals surface area contributed by atoms with Gasteiger partial charge >= 0.3 is 13.8 Å². The summed E-state index contributed by atoms with van der Waals surface area (Å²) >= 11 is 0. The van der Waals surface area contributed by atoms with Crippen molar-refractivity contribution in [2.45, 2.75) is 6.61 Å². The normalized spacial score (nSPS) is 26.5.